The Labute approximate surface area is 178 Å². The first-order valence-corrected chi connectivity index (χ1v) is 10.3. The highest BCUT2D eigenvalue weighted by Crippen LogP contribution is 2.42. The molecule has 0 aliphatic carbocycles. The number of aromatic nitrogens is 4. The van der Waals surface area contributed by atoms with Crippen molar-refractivity contribution in [3.63, 3.8) is 0 Å². The molecule has 5 rings (SSSR count). The Morgan fingerprint density at radius 3 is 2.74 bits per heavy atom. The molecule has 2 aliphatic rings. The summed E-state index contributed by atoms with van der Waals surface area (Å²) in [6, 6.07) is 3.37. The molecule has 0 saturated carbocycles. The fourth-order valence-electron chi connectivity index (χ4n) is 4.61. The zero-order valence-corrected chi connectivity index (χ0v) is 17.2. The van der Waals surface area contributed by atoms with Crippen molar-refractivity contribution in [3.05, 3.63) is 59.7 Å². The van der Waals surface area contributed by atoms with Crippen LogP contribution in [-0.4, -0.2) is 37.8 Å². The molecule has 0 atom stereocenters. The molecule has 0 spiro atoms. The maximum absolute atomic E-state index is 14.6. The van der Waals surface area contributed by atoms with Gasteiger partial charge in [0.25, 0.3) is 6.43 Å². The highest BCUT2D eigenvalue weighted by Gasteiger charge is 2.31. The fourth-order valence-corrected chi connectivity index (χ4v) is 4.61. The number of aryl methyl sites for hydroxylation is 2. The van der Waals surface area contributed by atoms with E-state index in [1.165, 1.54) is 0 Å². The SMILES string of the molecule is C=CN1CCc2c(c(N3CCCc4cc(-c5cnn(C)c5)c(C(F)F)cc43)nn2F)C1. The number of hydrogen-bond donors (Lipinski definition) is 0. The Kier molecular flexibility index (Phi) is 4.75. The van der Waals surface area contributed by atoms with Gasteiger partial charge in [-0.1, -0.05) is 16.0 Å². The third-order valence-corrected chi connectivity index (χ3v) is 6.15. The summed E-state index contributed by atoms with van der Waals surface area (Å²) in [4.78, 5) is 4.34. The molecule has 162 valence electrons. The van der Waals surface area contributed by atoms with E-state index in [1.54, 1.807) is 36.4 Å². The van der Waals surface area contributed by atoms with E-state index in [0.717, 1.165) is 24.0 Å². The maximum Gasteiger partial charge on any atom is 0.264 e. The summed E-state index contributed by atoms with van der Waals surface area (Å²) < 4.78 is 44.3. The van der Waals surface area contributed by atoms with Gasteiger partial charge in [-0.2, -0.15) is 5.10 Å². The van der Waals surface area contributed by atoms with Crippen LogP contribution in [-0.2, 0) is 26.4 Å². The van der Waals surface area contributed by atoms with Crippen LogP contribution in [0.1, 0.15) is 35.2 Å². The lowest BCUT2D eigenvalue weighted by Crippen LogP contribution is -2.29. The molecule has 9 heteroatoms. The molecule has 0 bridgehead atoms. The van der Waals surface area contributed by atoms with Gasteiger partial charge >= 0.3 is 0 Å². The first-order valence-electron chi connectivity index (χ1n) is 10.3. The summed E-state index contributed by atoms with van der Waals surface area (Å²) in [7, 11) is 1.76. The second-order valence-electron chi connectivity index (χ2n) is 8.04. The number of rotatable bonds is 4. The van der Waals surface area contributed by atoms with Crippen LogP contribution >= 0.6 is 0 Å². The van der Waals surface area contributed by atoms with Crippen LogP contribution in [0.25, 0.3) is 11.1 Å². The van der Waals surface area contributed by atoms with E-state index in [9.17, 15) is 13.3 Å². The Morgan fingerprint density at radius 1 is 1.19 bits per heavy atom. The molecule has 0 unspecified atom stereocenters. The zero-order chi connectivity index (χ0) is 21.7. The van der Waals surface area contributed by atoms with E-state index in [1.807, 2.05) is 15.9 Å². The van der Waals surface area contributed by atoms with Crippen molar-refractivity contribution in [2.45, 2.75) is 32.2 Å². The molecule has 0 saturated heterocycles. The topological polar surface area (TPSA) is 42.1 Å². The van der Waals surface area contributed by atoms with E-state index >= 15 is 0 Å². The van der Waals surface area contributed by atoms with Gasteiger partial charge in [0.2, 0.25) is 0 Å². The minimum absolute atomic E-state index is 0.0556. The van der Waals surface area contributed by atoms with Crippen LogP contribution in [0.3, 0.4) is 0 Å². The number of anilines is 2. The van der Waals surface area contributed by atoms with Crippen LogP contribution in [0, 0.1) is 0 Å². The van der Waals surface area contributed by atoms with Crippen molar-refractivity contribution in [1.82, 2.24) is 24.7 Å². The van der Waals surface area contributed by atoms with Gasteiger partial charge in [0.15, 0.2) is 5.82 Å². The molecule has 0 fully saturated rings. The highest BCUT2D eigenvalue weighted by molar-refractivity contribution is 5.76. The van der Waals surface area contributed by atoms with Gasteiger partial charge in [0.05, 0.1) is 11.9 Å². The summed E-state index contributed by atoms with van der Waals surface area (Å²) in [5.74, 6) is 0.499. The van der Waals surface area contributed by atoms with E-state index in [2.05, 4.69) is 16.8 Å². The number of nitrogens with zero attached hydrogens (tertiary/aromatic N) is 6. The maximum atomic E-state index is 14.6. The van der Waals surface area contributed by atoms with Crippen molar-refractivity contribution in [3.8, 4) is 11.1 Å². The number of fused-ring (bicyclic) bond motifs is 2. The van der Waals surface area contributed by atoms with Crippen molar-refractivity contribution in [2.75, 3.05) is 18.0 Å². The third kappa shape index (κ3) is 3.28. The van der Waals surface area contributed by atoms with Crippen molar-refractivity contribution in [1.29, 1.82) is 0 Å². The van der Waals surface area contributed by atoms with Gasteiger partial charge in [0, 0.05) is 61.7 Å². The Morgan fingerprint density at radius 2 is 2.03 bits per heavy atom. The van der Waals surface area contributed by atoms with Crippen LogP contribution < -0.4 is 4.90 Å². The monoisotopic (exact) mass is 428 g/mol. The second kappa shape index (κ2) is 7.47. The summed E-state index contributed by atoms with van der Waals surface area (Å²) in [5.41, 5.74) is 4.04. The molecule has 2 aromatic heterocycles. The molecule has 2 aliphatic heterocycles. The van der Waals surface area contributed by atoms with Crippen LogP contribution in [0.15, 0.2) is 37.3 Å². The van der Waals surface area contributed by atoms with Crippen LogP contribution in [0.5, 0.6) is 0 Å². The predicted octanol–water partition coefficient (Wildman–Crippen LogP) is 4.54. The molecular formula is C22H23F3N6. The number of halogens is 3. The molecule has 6 nitrogen and oxygen atoms in total. The van der Waals surface area contributed by atoms with Crippen LogP contribution in [0.2, 0.25) is 0 Å². The molecule has 0 N–H and O–H groups in total. The molecule has 1 aromatic carbocycles. The smallest absolute Gasteiger partial charge is 0.264 e. The fraction of sp³-hybridized carbons (Fsp3) is 0.364. The molecule has 3 aromatic rings. The molecule has 0 radical (unpaired) electrons. The number of alkyl halides is 2. The lowest BCUT2D eigenvalue weighted by molar-refractivity contribution is 0.152. The average molecular weight is 428 g/mol. The van der Waals surface area contributed by atoms with Gasteiger partial charge < -0.3 is 9.80 Å². The Hall–Kier alpha value is -3.23. The standard InChI is InChI=1S/C22H23F3N6/c1-3-29-8-6-19-18(13-29)22(27-31(19)25)30-7-4-5-14-9-16(15-11-26-28(2)12-15)17(21(23)24)10-20(14)30/h3,9-12,21H,1,4-8,13H2,2H3. The predicted molar refractivity (Wildman–Crippen MR) is 112 cm³/mol. The van der Waals surface area contributed by atoms with Gasteiger partial charge in [-0.15, -0.1) is 5.10 Å². The molecule has 0 amide bonds. The normalized spacial score (nSPS) is 15.9. The van der Waals surface area contributed by atoms with Crippen molar-refractivity contribution in [2.24, 2.45) is 7.05 Å². The van der Waals surface area contributed by atoms with E-state index in [-0.39, 0.29) is 5.56 Å². The Bertz CT molecular complexity index is 1150. The van der Waals surface area contributed by atoms with E-state index in [4.69, 9.17) is 0 Å². The minimum Gasteiger partial charge on any atom is -0.373 e. The largest absolute Gasteiger partial charge is 0.373 e. The Balaban J connectivity index is 1.63. The lowest BCUT2D eigenvalue weighted by atomic mass is 9.93. The van der Waals surface area contributed by atoms with Gasteiger partial charge in [-0.3, -0.25) is 4.68 Å². The van der Waals surface area contributed by atoms with Gasteiger partial charge in [-0.25, -0.2) is 8.78 Å². The first kappa shape index (κ1) is 19.7. The summed E-state index contributed by atoms with van der Waals surface area (Å²) in [5, 5.41) is 8.28. The first-order chi connectivity index (χ1) is 15.0. The second-order valence-corrected chi connectivity index (χ2v) is 8.04. The number of benzene rings is 1. The summed E-state index contributed by atoms with van der Waals surface area (Å²) in [6.07, 6.45) is 4.54. The van der Waals surface area contributed by atoms with Crippen LogP contribution in [0.4, 0.5) is 24.8 Å². The van der Waals surface area contributed by atoms with Crippen molar-refractivity contribution >= 4 is 11.5 Å². The van der Waals surface area contributed by atoms with Gasteiger partial charge in [-0.05, 0) is 42.3 Å². The zero-order valence-electron chi connectivity index (χ0n) is 17.2. The highest BCUT2D eigenvalue weighted by atomic mass is 19.3. The molecular weight excluding hydrogens is 405 g/mol. The third-order valence-electron chi connectivity index (χ3n) is 6.15. The number of hydrogen-bond acceptors (Lipinski definition) is 4. The molecule has 31 heavy (non-hydrogen) atoms. The minimum atomic E-state index is -2.65. The summed E-state index contributed by atoms with van der Waals surface area (Å²) in [6.45, 7) is 5.58. The van der Waals surface area contributed by atoms with E-state index < -0.39 is 6.43 Å². The quantitative estimate of drug-likeness (QED) is 0.612. The van der Waals surface area contributed by atoms with E-state index in [0.29, 0.717) is 59.3 Å². The molecule has 4 heterocycles. The lowest BCUT2D eigenvalue weighted by Gasteiger charge is -2.33. The van der Waals surface area contributed by atoms with Crippen molar-refractivity contribution < 1.29 is 13.3 Å². The summed E-state index contributed by atoms with van der Waals surface area (Å²) >= 11 is 0. The van der Waals surface area contributed by atoms with Gasteiger partial charge in [0.1, 0.15) is 0 Å². The average Bonchev–Trinajstić information content (AvgIpc) is 3.35.